The third-order valence-corrected chi connectivity index (χ3v) is 2.49. The lowest BCUT2D eigenvalue weighted by atomic mass is 10.0. The maximum Gasteiger partial charge on any atom is 0.146 e. The van der Waals surface area contributed by atoms with Crippen LogP contribution in [-0.2, 0) is 11.2 Å². The van der Waals surface area contributed by atoms with Gasteiger partial charge in [-0.15, -0.1) is 0 Å². The van der Waals surface area contributed by atoms with Crippen LogP contribution in [0.4, 0.5) is 0 Å². The van der Waals surface area contributed by atoms with Gasteiger partial charge in [-0.1, -0.05) is 18.2 Å². The van der Waals surface area contributed by atoms with E-state index in [0.29, 0.717) is 6.42 Å². The molecule has 0 atom stereocenters. The van der Waals surface area contributed by atoms with E-state index in [9.17, 15) is 4.79 Å². The van der Waals surface area contributed by atoms with Crippen molar-refractivity contribution < 1.29 is 4.79 Å². The van der Waals surface area contributed by atoms with E-state index >= 15 is 0 Å². The predicted molar refractivity (Wildman–Crippen MR) is 58.3 cm³/mol. The molecule has 0 aromatic heterocycles. The monoisotopic (exact) mass is 191 g/mol. The molecular formula is C12H17NO. The van der Waals surface area contributed by atoms with Gasteiger partial charge in [0.25, 0.3) is 0 Å². The molecule has 1 rings (SSSR count). The van der Waals surface area contributed by atoms with Crippen LogP contribution in [0, 0.1) is 13.8 Å². The predicted octanol–water partition coefficient (Wildman–Crippen LogP) is 1.76. The van der Waals surface area contributed by atoms with Crippen molar-refractivity contribution in [1.82, 2.24) is 0 Å². The summed E-state index contributed by atoms with van der Waals surface area (Å²) in [5.41, 5.74) is 9.03. The third-order valence-electron chi connectivity index (χ3n) is 2.49. The van der Waals surface area contributed by atoms with E-state index in [1.165, 1.54) is 16.7 Å². The molecule has 0 saturated carbocycles. The van der Waals surface area contributed by atoms with Crippen molar-refractivity contribution in [3.8, 4) is 0 Å². The topological polar surface area (TPSA) is 43.1 Å². The van der Waals surface area contributed by atoms with E-state index < -0.39 is 0 Å². The highest BCUT2D eigenvalue weighted by Crippen LogP contribution is 2.11. The molecule has 0 heterocycles. The van der Waals surface area contributed by atoms with Gasteiger partial charge in [0.15, 0.2) is 0 Å². The summed E-state index contributed by atoms with van der Waals surface area (Å²) in [4.78, 5) is 11.0. The second-order valence-electron chi connectivity index (χ2n) is 3.66. The lowest BCUT2D eigenvalue weighted by Crippen LogP contribution is -2.13. The zero-order valence-electron chi connectivity index (χ0n) is 8.84. The maximum absolute atomic E-state index is 11.0. The summed E-state index contributed by atoms with van der Waals surface area (Å²) in [6, 6.07) is 6.31. The molecule has 0 amide bonds. The van der Waals surface area contributed by atoms with Crippen molar-refractivity contribution >= 4 is 5.78 Å². The van der Waals surface area contributed by atoms with Crippen LogP contribution in [0.3, 0.4) is 0 Å². The Morgan fingerprint density at radius 2 is 2.00 bits per heavy atom. The SMILES string of the molecule is Cc1ccc(CCC(=O)CN)cc1C. The lowest BCUT2D eigenvalue weighted by molar-refractivity contribution is -0.117. The van der Waals surface area contributed by atoms with Gasteiger partial charge in [-0.05, 0) is 37.0 Å². The number of carbonyl (C=O) groups is 1. The summed E-state index contributed by atoms with van der Waals surface area (Å²) in [5.74, 6) is 0.128. The summed E-state index contributed by atoms with van der Waals surface area (Å²) in [6.45, 7) is 4.33. The van der Waals surface area contributed by atoms with Gasteiger partial charge in [0.1, 0.15) is 5.78 Å². The van der Waals surface area contributed by atoms with Crippen LogP contribution in [0.15, 0.2) is 18.2 Å². The molecule has 0 fully saturated rings. The van der Waals surface area contributed by atoms with Gasteiger partial charge in [0, 0.05) is 6.42 Å². The molecule has 2 heteroatoms. The number of hydrogen-bond acceptors (Lipinski definition) is 2. The van der Waals surface area contributed by atoms with Crippen LogP contribution in [0.1, 0.15) is 23.1 Å². The quantitative estimate of drug-likeness (QED) is 0.788. The summed E-state index contributed by atoms with van der Waals surface area (Å²) in [6.07, 6.45) is 1.36. The van der Waals surface area contributed by atoms with Gasteiger partial charge in [0.2, 0.25) is 0 Å². The summed E-state index contributed by atoms with van der Waals surface area (Å²) in [7, 11) is 0. The van der Waals surface area contributed by atoms with Crippen molar-refractivity contribution in [2.75, 3.05) is 6.54 Å². The van der Waals surface area contributed by atoms with Crippen molar-refractivity contribution in [2.45, 2.75) is 26.7 Å². The highest BCUT2D eigenvalue weighted by Gasteiger charge is 2.01. The highest BCUT2D eigenvalue weighted by atomic mass is 16.1. The number of carbonyl (C=O) groups excluding carboxylic acids is 1. The van der Waals surface area contributed by atoms with Gasteiger partial charge in [0.05, 0.1) is 6.54 Å². The Morgan fingerprint density at radius 1 is 1.29 bits per heavy atom. The molecule has 0 saturated heterocycles. The lowest BCUT2D eigenvalue weighted by Gasteiger charge is -2.04. The minimum absolute atomic E-state index is 0.128. The first-order valence-corrected chi connectivity index (χ1v) is 4.91. The standard InChI is InChI=1S/C12H17NO/c1-9-3-4-11(7-10(9)2)5-6-12(14)8-13/h3-4,7H,5-6,8,13H2,1-2H3. The number of aryl methyl sites for hydroxylation is 3. The Bertz CT molecular complexity index is 331. The second-order valence-corrected chi connectivity index (χ2v) is 3.66. The summed E-state index contributed by atoms with van der Waals surface area (Å²) >= 11 is 0. The molecule has 1 aromatic rings. The van der Waals surface area contributed by atoms with E-state index in [0.717, 1.165) is 6.42 Å². The van der Waals surface area contributed by atoms with Crippen LogP contribution in [-0.4, -0.2) is 12.3 Å². The van der Waals surface area contributed by atoms with E-state index in [2.05, 4.69) is 32.0 Å². The van der Waals surface area contributed by atoms with E-state index in [1.54, 1.807) is 0 Å². The number of benzene rings is 1. The maximum atomic E-state index is 11.0. The van der Waals surface area contributed by atoms with Crippen LogP contribution < -0.4 is 5.73 Å². The number of rotatable bonds is 4. The minimum Gasteiger partial charge on any atom is -0.324 e. The van der Waals surface area contributed by atoms with Gasteiger partial charge in [-0.3, -0.25) is 4.79 Å². The molecule has 14 heavy (non-hydrogen) atoms. The van der Waals surface area contributed by atoms with Crippen molar-refractivity contribution in [2.24, 2.45) is 5.73 Å². The largest absolute Gasteiger partial charge is 0.324 e. The summed E-state index contributed by atoms with van der Waals surface area (Å²) in [5, 5.41) is 0. The Morgan fingerprint density at radius 3 is 2.57 bits per heavy atom. The first-order valence-electron chi connectivity index (χ1n) is 4.91. The molecule has 2 N–H and O–H groups in total. The molecule has 76 valence electrons. The molecule has 2 nitrogen and oxygen atoms in total. The van der Waals surface area contributed by atoms with Crippen molar-refractivity contribution in [1.29, 1.82) is 0 Å². The van der Waals surface area contributed by atoms with Crippen molar-refractivity contribution in [3.63, 3.8) is 0 Å². The average molecular weight is 191 g/mol. The molecule has 0 bridgehead atoms. The molecule has 0 aliphatic carbocycles. The number of ketones is 1. The van der Waals surface area contributed by atoms with Crippen LogP contribution in [0.25, 0.3) is 0 Å². The molecule has 0 unspecified atom stereocenters. The third kappa shape index (κ3) is 2.96. The smallest absolute Gasteiger partial charge is 0.146 e. The number of hydrogen-bond donors (Lipinski definition) is 1. The van der Waals surface area contributed by atoms with Gasteiger partial charge in [-0.25, -0.2) is 0 Å². The van der Waals surface area contributed by atoms with Gasteiger partial charge >= 0.3 is 0 Å². The van der Waals surface area contributed by atoms with Crippen LogP contribution >= 0.6 is 0 Å². The Kier molecular flexibility index (Phi) is 3.84. The minimum atomic E-state index is 0.128. The first kappa shape index (κ1) is 10.9. The molecule has 0 aliphatic rings. The molecule has 1 aromatic carbocycles. The molecule has 0 aliphatic heterocycles. The summed E-state index contributed by atoms with van der Waals surface area (Å²) < 4.78 is 0. The molecule has 0 spiro atoms. The normalized spacial score (nSPS) is 10.2. The van der Waals surface area contributed by atoms with Gasteiger partial charge in [-0.2, -0.15) is 0 Å². The zero-order valence-corrected chi connectivity index (χ0v) is 8.84. The van der Waals surface area contributed by atoms with Crippen LogP contribution in [0.2, 0.25) is 0 Å². The van der Waals surface area contributed by atoms with Crippen molar-refractivity contribution in [3.05, 3.63) is 34.9 Å². The Labute approximate surface area is 85.1 Å². The van der Waals surface area contributed by atoms with Crippen LogP contribution in [0.5, 0.6) is 0 Å². The Hall–Kier alpha value is -1.15. The first-order chi connectivity index (χ1) is 6.63. The zero-order chi connectivity index (χ0) is 10.6. The molecule has 0 radical (unpaired) electrons. The van der Waals surface area contributed by atoms with E-state index in [1.807, 2.05) is 0 Å². The fourth-order valence-corrected chi connectivity index (χ4v) is 1.34. The number of Topliss-reactive ketones (excluding diaryl/α,β-unsaturated/α-hetero) is 1. The average Bonchev–Trinajstić information content (AvgIpc) is 2.19. The second kappa shape index (κ2) is 4.91. The Balaban J connectivity index is 2.60. The molecular weight excluding hydrogens is 174 g/mol. The fraction of sp³-hybridized carbons (Fsp3) is 0.417. The van der Waals surface area contributed by atoms with E-state index in [-0.39, 0.29) is 12.3 Å². The number of nitrogens with two attached hydrogens (primary N) is 1. The highest BCUT2D eigenvalue weighted by molar-refractivity contribution is 5.80. The van der Waals surface area contributed by atoms with Gasteiger partial charge < -0.3 is 5.73 Å². The van der Waals surface area contributed by atoms with E-state index in [4.69, 9.17) is 5.73 Å². The fourth-order valence-electron chi connectivity index (χ4n) is 1.34.